The van der Waals surface area contributed by atoms with Crippen LogP contribution in [0, 0.1) is 5.82 Å². The second-order valence-corrected chi connectivity index (χ2v) is 9.41. The first-order valence-corrected chi connectivity index (χ1v) is 11.8. The van der Waals surface area contributed by atoms with E-state index < -0.39 is 14.2 Å². The van der Waals surface area contributed by atoms with Crippen LogP contribution in [-0.4, -0.2) is 34.4 Å². The number of halogens is 1. The Morgan fingerprint density at radius 1 is 1.13 bits per heavy atom. The summed E-state index contributed by atoms with van der Waals surface area (Å²) in [6.07, 6.45) is 1.70. The minimum atomic E-state index is -5.00. The first-order valence-electron chi connectivity index (χ1n) is 8.49. The van der Waals surface area contributed by atoms with Crippen molar-refractivity contribution in [2.45, 2.75) is 6.92 Å². The van der Waals surface area contributed by atoms with Crippen molar-refractivity contribution in [1.29, 1.82) is 0 Å². The Morgan fingerprint density at radius 2 is 1.83 bits per heavy atom. The third-order valence-electron chi connectivity index (χ3n) is 3.59. The number of rotatable bonds is 5. The number of pyridine rings is 1. The van der Waals surface area contributed by atoms with Crippen LogP contribution in [0.4, 0.5) is 27.3 Å². The normalized spacial score (nSPS) is 12.1. The number of nitrogens with two attached hydrogens (primary N) is 1. The predicted octanol–water partition coefficient (Wildman–Crippen LogP) is 2.25. The Balaban J connectivity index is 0.000000215. The van der Waals surface area contributed by atoms with E-state index in [0.717, 1.165) is 11.5 Å². The topological polar surface area (TPSA) is 147 Å². The van der Waals surface area contributed by atoms with Crippen LogP contribution in [-0.2, 0) is 12.4 Å². The van der Waals surface area contributed by atoms with E-state index in [-0.39, 0.29) is 27.5 Å². The Kier molecular flexibility index (Phi) is 8.14. The molecule has 0 aliphatic rings. The zero-order valence-electron chi connectivity index (χ0n) is 15.8. The van der Waals surface area contributed by atoms with E-state index in [9.17, 15) is 17.0 Å². The van der Waals surface area contributed by atoms with Crippen LogP contribution in [0.5, 0.6) is 0 Å². The second kappa shape index (κ2) is 10.6. The van der Waals surface area contributed by atoms with E-state index in [1.54, 1.807) is 18.3 Å². The average molecular weight is 478 g/mol. The van der Waals surface area contributed by atoms with E-state index in [1.807, 2.05) is 18.2 Å². The SMILES string of the molecule is CC(=O)Nc1cccc([As](=O)(O)OO)c1N.Fc1ccc(Nc2ccccn2)cc1. The summed E-state index contributed by atoms with van der Waals surface area (Å²) in [7, 11) is 0. The molecule has 0 aliphatic heterocycles. The number of carbonyl (C=O) groups is 1. The van der Waals surface area contributed by atoms with Gasteiger partial charge in [-0.25, -0.2) is 9.37 Å². The van der Waals surface area contributed by atoms with Crippen molar-refractivity contribution in [2.75, 3.05) is 16.4 Å². The number of nitrogens with one attached hydrogen (secondary N) is 2. The predicted molar refractivity (Wildman–Crippen MR) is 111 cm³/mol. The third kappa shape index (κ3) is 6.71. The van der Waals surface area contributed by atoms with Crippen molar-refractivity contribution in [2.24, 2.45) is 0 Å². The zero-order chi connectivity index (χ0) is 22.1. The molecule has 1 unspecified atom stereocenters. The molecule has 0 spiro atoms. The number of nitrogen functional groups attached to an aromatic ring is 1. The van der Waals surface area contributed by atoms with Gasteiger partial charge in [-0.1, -0.05) is 6.07 Å². The third-order valence-corrected chi connectivity index (χ3v) is 6.15. The number of aromatic nitrogens is 1. The standard InChI is InChI=1S/C11H9FN2.C8H11AsN2O5/c12-9-4-6-10(7-5-9)14-11-3-1-2-8-13-11;1-5(12)11-7-4-2-3-6(8(7)10)9(13,14)16-15/h1-8H,(H,13,14);2-4,15H,10H2,1H3,(H,11,12)(H,13,14). The molecule has 6 N–H and O–H groups in total. The van der Waals surface area contributed by atoms with Gasteiger partial charge in [0.25, 0.3) is 0 Å². The molecule has 1 atom stereocenters. The van der Waals surface area contributed by atoms with E-state index in [2.05, 4.69) is 19.5 Å². The fourth-order valence-corrected chi connectivity index (χ4v) is 3.91. The van der Waals surface area contributed by atoms with Gasteiger partial charge in [0.05, 0.1) is 0 Å². The molecule has 0 fully saturated rings. The number of benzene rings is 2. The fourth-order valence-electron chi connectivity index (χ4n) is 2.26. The molecule has 0 saturated heterocycles. The maximum Gasteiger partial charge on any atom is 0.130 e. The Labute approximate surface area is 174 Å². The summed E-state index contributed by atoms with van der Waals surface area (Å²) in [4.78, 5) is 14.9. The number of carbonyl (C=O) groups excluding carboxylic acids is 1. The number of nitrogens with zero attached hydrogens (tertiary/aromatic N) is 1. The van der Waals surface area contributed by atoms with Crippen LogP contribution >= 0.6 is 0 Å². The first-order chi connectivity index (χ1) is 14.2. The summed E-state index contributed by atoms with van der Waals surface area (Å²) in [5.41, 5.74) is 6.49. The van der Waals surface area contributed by atoms with Gasteiger partial charge in [0.2, 0.25) is 0 Å². The molecule has 3 rings (SSSR count). The number of hydrogen-bond acceptors (Lipinski definition) is 7. The molecule has 9 nitrogen and oxygen atoms in total. The first kappa shape index (κ1) is 23.1. The smallest absolute Gasteiger partial charge is 0.130 e. The van der Waals surface area contributed by atoms with Gasteiger partial charge in [-0.2, -0.15) is 0 Å². The van der Waals surface area contributed by atoms with Crippen molar-refractivity contribution < 1.29 is 26.2 Å². The molecule has 0 aliphatic carbocycles. The van der Waals surface area contributed by atoms with Crippen LogP contribution in [0.15, 0.2) is 66.9 Å². The van der Waals surface area contributed by atoms with Gasteiger partial charge in [0, 0.05) is 11.9 Å². The molecule has 0 saturated carbocycles. The summed E-state index contributed by atoms with van der Waals surface area (Å²) in [5, 5.41) is 13.8. The summed E-state index contributed by atoms with van der Waals surface area (Å²) in [5.74, 6) is 0.143. The number of hydrogen-bond donors (Lipinski definition) is 5. The molecule has 158 valence electrons. The van der Waals surface area contributed by atoms with Crippen LogP contribution in [0.2, 0.25) is 0 Å². The van der Waals surface area contributed by atoms with E-state index in [1.165, 1.54) is 37.3 Å². The van der Waals surface area contributed by atoms with Gasteiger partial charge < -0.3 is 5.32 Å². The van der Waals surface area contributed by atoms with Crippen molar-refractivity contribution in [3.63, 3.8) is 0 Å². The Bertz CT molecular complexity index is 1030. The van der Waals surface area contributed by atoms with Crippen molar-refractivity contribution >= 4 is 47.3 Å². The van der Waals surface area contributed by atoms with Gasteiger partial charge in [-0.15, -0.1) is 0 Å². The van der Waals surface area contributed by atoms with Gasteiger partial charge in [-0.05, 0) is 36.4 Å². The van der Waals surface area contributed by atoms with Gasteiger partial charge >= 0.3 is 93.7 Å². The quantitative estimate of drug-likeness (QED) is 0.162. The van der Waals surface area contributed by atoms with Crippen molar-refractivity contribution in [3.05, 3.63) is 72.7 Å². The maximum atomic E-state index is 12.6. The zero-order valence-corrected chi connectivity index (χ0v) is 17.7. The molecule has 30 heavy (non-hydrogen) atoms. The van der Waals surface area contributed by atoms with Gasteiger partial charge in [-0.3, -0.25) is 0 Å². The Hall–Kier alpha value is -3.17. The molecule has 0 bridgehead atoms. The number of para-hydroxylation sites is 1. The number of anilines is 4. The average Bonchev–Trinajstić information content (AvgIpc) is 2.72. The molecular formula is C19H20AsFN4O5. The summed E-state index contributed by atoms with van der Waals surface area (Å²) < 4.78 is 36.6. The van der Waals surface area contributed by atoms with Crippen LogP contribution in [0.3, 0.4) is 0 Å². The minimum absolute atomic E-state index is 0.100. The Morgan fingerprint density at radius 3 is 2.40 bits per heavy atom. The molecule has 2 aromatic carbocycles. The van der Waals surface area contributed by atoms with Crippen LogP contribution in [0.1, 0.15) is 6.92 Å². The van der Waals surface area contributed by atoms with E-state index in [0.29, 0.717) is 0 Å². The molecule has 1 amide bonds. The number of amides is 1. The molecular weight excluding hydrogens is 458 g/mol. The van der Waals surface area contributed by atoms with Gasteiger partial charge in [0.15, 0.2) is 0 Å². The monoisotopic (exact) mass is 478 g/mol. The minimum Gasteiger partial charge on any atom is -0.340 e. The summed E-state index contributed by atoms with van der Waals surface area (Å²) >= 11 is -5.00. The van der Waals surface area contributed by atoms with E-state index >= 15 is 0 Å². The molecule has 1 aromatic heterocycles. The second-order valence-electron chi connectivity index (χ2n) is 5.87. The van der Waals surface area contributed by atoms with E-state index in [4.69, 9.17) is 11.0 Å². The van der Waals surface area contributed by atoms with Gasteiger partial charge in [0.1, 0.15) is 11.6 Å². The molecule has 1 heterocycles. The maximum absolute atomic E-state index is 12.6. The fraction of sp³-hybridized carbons (Fsp3) is 0.0526. The van der Waals surface area contributed by atoms with Crippen LogP contribution < -0.4 is 20.7 Å². The molecule has 3 aromatic rings. The largest absolute Gasteiger partial charge is 0.340 e. The van der Waals surface area contributed by atoms with Crippen LogP contribution in [0.25, 0.3) is 0 Å². The molecule has 11 heteroatoms. The van der Waals surface area contributed by atoms with Crippen molar-refractivity contribution in [3.8, 4) is 0 Å². The summed E-state index contributed by atoms with van der Waals surface area (Å²) in [6, 6.07) is 15.9. The molecule has 0 radical (unpaired) electrons. The van der Waals surface area contributed by atoms with Crippen molar-refractivity contribution in [1.82, 2.24) is 4.98 Å². The summed E-state index contributed by atoms with van der Waals surface area (Å²) in [6.45, 7) is 1.28.